The van der Waals surface area contributed by atoms with Gasteiger partial charge in [-0.2, -0.15) is 0 Å². The van der Waals surface area contributed by atoms with Crippen molar-refractivity contribution in [1.29, 1.82) is 0 Å². The van der Waals surface area contributed by atoms with Crippen molar-refractivity contribution in [3.63, 3.8) is 0 Å². The van der Waals surface area contributed by atoms with E-state index in [0.717, 1.165) is 6.08 Å². The summed E-state index contributed by atoms with van der Waals surface area (Å²) >= 11 is 0. The number of carbonyl (C=O) groups excluding carboxylic acids is 4. The molecule has 0 saturated heterocycles. The number of allylic oxidation sites excluding steroid dienone is 4. The van der Waals surface area contributed by atoms with Gasteiger partial charge in [-0.15, -0.1) is 0 Å². The molecule has 2 rings (SSSR count). The summed E-state index contributed by atoms with van der Waals surface area (Å²) in [4.78, 5) is 69.5. The molecule has 0 aromatic rings. The summed E-state index contributed by atoms with van der Waals surface area (Å²) in [5, 5.41) is 16.7. The number of aliphatic hydroxyl groups is 1. The minimum absolute atomic E-state index is 0.00957. The smallest absolute Gasteiger partial charge is 0.439 e. The van der Waals surface area contributed by atoms with Crippen LogP contribution in [0, 0.1) is 11.8 Å². The minimum Gasteiger partial charge on any atom is -0.439 e. The molecule has 1 aliphatic heterocycles. The predicted molar refractivity (Wildman–Crippen MR) is 170 cm³/mol. The molecule has 0 fully saturated rings. The SMILES string of the molecule is COC1CC(C)CC2=C(NCCCOP(=O)(O)O)C(=O)C=C(NC(=O)/C(C)=C/C=C\C(OC)[C@@H](OC(N)=O)/C(C)=C/C(C)C1O)C2=O. The topological polar surface area (TPSA) is 233 Å². The maximum Gasteiger partial charge on any atom is 0.469 e. The summed E-state index contributed by atoms with van der Waals surface area (Å²) in [7, 11) is -1.82. The zero-order valence-electron chi connectivity index (χ0n) is 27.4. The fourth-order valence-electron chi connectivity index (χ4n) is 5.25. The lowest BCUT2D eigenvalue weighted by Crippen LogP contribution is -2.38. The monoisotopic (exact) mass is 683 g/mol. The first-order chi connectivity index (χ1) is 22.0. The molecule has 2 bridgehead atoms. The standard InChI is InChI=1S/C31H46N3O12P/c1-17-13-21-26(33-11-8-12-45-47(40,41)42)23(35)16-22(28(21)37)34-30(38)18(2)9-7-10-24(43-5)29(46-31(32)39)20(4)15-19(3)27(36)25(14-17)44-6/h7,9-10,15-17,19,24-25,27,29,33,36H,8,11-14H2,1-6H3,(H2,32,39)(H,34,38)(H2,40,41,42)/b10-7-,18-9+,20-15+/t17?,19?,24?,25?,27?,29-/m0/s1. The lowest BCUT2D eigenvalue weighted by molar-refractivity contribution is -0.120. The number of aliphatic hydroxyl groups excluding tert-OH is 1. The molecular weight excluding hydrogens is 637 g/mol. The number of hydrogen-bond acceptors (Lipinski definition) is 11. The largest absolute Gasteiger partial charge is 0.469 e. The Balaban J connectivity index is 2.54. The van der Waals surface area contributed by atoms with Gasteiger partial charge in [0.2, 0.25) is 11.6 Å². The fourth-order valence-corrected chi connectivity index (χ4v) is 5.61. The summed E-state index contributed by atoms with van der Waals surface area (Å²) in [6, 6.07) is 0. The van der Waals surface area contributed by atoms with Gasteiger partial charge in [0.25, 0.3) is 5.91 Å². The van der Waals surface area contributed by atoms with Gasteiger partial charge in [-0.3, -0.25) is 18.9 Å². The summed E-state index contributed by atoms with van der Waals surface area (Å²) < 4.78 is 31.9. The van der Waals surface area contributed by atoms with Crippen molar-refractivity contribution in [1.82, 2.24) is 10.6 Å². The highest BCUT2D eigenvalue weighted by atomic mass is 31.2. The molecule has 6 atom stereocenters. The number of ether oxygens (including phenoxy) is 3. The maximum absolute atomic E-state index is 13.7. The Labute approximate surface area is 274 Å². The predicted octanol–water partition coefficient (Wildman–Crippen LogP) is 1.85. The van der Waals surface area contributed by atoms with Crippen LogP contribution in [0.3, 0.4) is 0 Å². The summed E-state index contributed by atoms with van der Waals surface area (Å²) in [5.41, 5.74) is 5.92. The molecular formula is C31H46N3O12P. The van der Waals surface area contributed by atoms with Crippen LogP contribution in [0.25, 0.3) is 0 Å². The lowest BCUT2D eigenvalue weighted by Gasteiger charge is -2.30. The highest BCUT2D eigenvalue weighted by molar-refractivity contribution is 7.46. The first kappa shape index (κ1) is 39.7. The molecule has 0 saturated carbocycles. The Morgan fingerprint density at radius 1 is 1.15 bits per heavy atom. The van der Waals surface area contributed by atoms with Crippen molar-refractivity contribution in [2.45, 2.75) is 71.4 Å². The minimum atomic E-state index is -4.67. The molecule has 1 aliphatic carbocycles. The molecule has 7 N–H and O–H groups in total. The van der Waals surface area contributed by atoms with E-state index in [1.807, 2.05) is 6.92 Å². The van der Waals surface area contributed by atoms with Crippen LogP contribution < -0.4 is 16.4 Å². The second-order valence-electron chi connectivity index (χ2n) is 11.5. The van der Waals surface area contributed by atoms with E-state index in [1.54, 1.807) is 26.0 Å². The number of carbonyl (C=O) groups is 4. The number of rotatable bonds is 9. The van der Waals surface area contributed by atoms with E-state index in [-0.39, 0.29) is 60.9 Å². The van der Waals surface area contributed by atoms with Crippen LogP contribution in [0.1, 0.15) is 47.0 Å². The molecule has 1 heterocycles. The van der Waals surface area contributed by atoms with Gasteiger partial charge in [-0.05, 0) is 44.6 Å². The fraction of sp³-hybridized carbons (Fsp3) is 0.548. The molecule has 0 aromatic carbocycles. The summed E-state index contributed by atoms with van der Waals surface area (Å²) in [6.45, 7) is 6.54. The number of methoxy groups -OCH3 is 2. The Morgan fingerprint density at radius 2 is 1.83 bits per heavy atom. The molecule has 0 spiro atoms. The average Bonchev–Trinajstić information content (AvgIpc) is 2.98. The quantitative estimate of drug-likeness (QED) is 0.0883. The van der Waals surface area contributed by atoms with Crippen molar-refractivity contribution < 1.29 is 57.4 Å². The molecule has 0 radical (unpaired) electrons. The highest BCUT2D eigenvalue weighted by Gasteiger charge is 2.33. The van der Waals surface area contributed by atoms with Gasteiger partial charge >= 0.3 is 13.9 Å². The molecule has 2 aliphatic rings. The normalized spacial score (nSPS) is 30.0. The number of primary amides is 1. The maximum atomic E-state index is 13.7. The number of ketones is 2. The molecule has 47 heavy (non-hydrogen) atoms. The summed E-state index contributed by atoms with van der Waals surface area (Å²) in [5.74, 6) is -2.64. The number of phosphoric acid groups is 1. The van der Waals surface area contributed by atoms with E-state index in [0.29, 0.717) is 5.57 Å². The third kappa shape index (κ3) is 12.3. The van der Waals surface area contributed by atoms with Crippen LogP contribution in [-0.2, 0) is 37.7 Å². The molecule has 15 nitrogen and oxygen atoms in total. The summed E-state index contributed by atoms with van der Waals surface area (Å²) in [6.07, 6.45) is 3.14. The molecule has 0 aromatic heterocycles. The van der Waals surface area contributed by atoms with Crippen molar-refractivity contribution >= 4 is 31.4 Å². The number of hydrogen-bond donors (Lipinski definition) is 6. The van der Waals surface area contributed by atoms with Gasteiger partial charge in [-0.1, -0.05) is 38.2 Å². The van der Waals surface area contributed by atoms with Crippen LogP contribution in [0.5, 0.6) is 0 Å². The lowest BCUT2D eigenvalue weighted by atomic mass is 9.85. The number of nitrogens with one attached hydrogen (secondary N) is 2. The van der Waals surface area contributed by atoms with Crippen LogP contribution >= 0.6 is 7.82 Å². The van der Waals surface area contributed by atoms with Crippen LogP contribution in [0.15, 0.2) is 58.5 Å². The van der Waals surface area contributed by atoms with Crippen molar-refractivity contribution in [2.75, 3.05) is 27.4 Å². The van der Waals surface area contributed by atoms with Crippen molar-refractivity contribution in [3.8, 4) is 0 Å². The average molecular weight is 684 g/mol. The Morgan fingerprint density at radius 3 is 2.43 bits per heavy atom. The van der Waals surface area contributed by atoms with Gasteiger partial charge in [-0.25, -0.2) is 9.36 Å². The van der Waals surface area contributed by atoms with Crippen LogP contribution in [0.4, 0.5) is 4.79 Å². The van der Waals surface area contributed by atoms with E-state index in [2.05, 4.69) is 15.2 Å². The van der Waals surface area contributed by atoms with E-state index >= 15 is 0 Å². The molecule has 16 heteroatoms. The second kappa shape index (κ2) is 18.2. The van der Waals surface area contributed by atoms with Gasteiger partial charge in [0.05, 0.1) is 30.2 Å². The zero-order chi connectivity index (χ0) is 35.5. The van der Waals surface area contributed by atoms with Gasteiger partial charge in [0.15, 0.2) is 6.10 Å². The number of phosphoric ester groups is 1. The molecule has 262 valence electrons. The third-order valence-electron chi connectivity index (χ3n) is 7.68. The van der Waals surface area contributed by atoms with Crippen molar-refractivity contribution in [3.05, 3.63) is 58.5 Å². The van der Waals surface area contributed by atoms with Crippen LogP contribution in [0.2, 0.25) is 0 Å². The second-order valence-corrected chi connectivity index (χ2v) is 12.8. The molecule has 2 amide bonds. The molecule has 5 unspecified atom stereocenters. The van der Waals surface area contributed by atoms with E-state index in [4.69, 9.17) is 29.7 Å². The number of nitrogens with two attached hydrogens (primary N) is 1. The van der Waals surface area contributed by atoms with Gasteiger partial charge < -0.3 is 45.5 Å². The Hall–Kier alpha value is -3.43. The van der Waals surface area contributed by atoms with Gasteiger partial charge in [0, 0.05) is 43.9 Å². The van der Waals surface area contributed by atoms with E-state index in [9.17, 15) is 28.8 Å². The first-order valence-corrected chi connectivity index (χ1v) is 16.5. The third-order valence-corrected chi connectivity index (χ3v) is 8.19. The van der Waals surface area contributed by atoms with Gasteiger partial charge in [0.1, 0.15) is 6.10 Å². The van der Waals surface area contributed by atoms with E-state index < -0.39 is 61.7 Å². The highest BCUT2D eigenvalue weighted by Crippen LogP contribution is 2.35. The van der Waals surface area contributed by atoms with Crippen molar-refractivity contribution in [2.24, 2.45) is 17.6 Å². The van der Waals surface area contributed by atoms with Crippen LogP contribution in [-0.4, -0.2) is 90.2 Å². The van der Waals surface area contributed by atoms with E-state index in [1.165, 1.54) is 33.3 Å². The Bertz CT molecular complexity index is 1380. The number of Topliss-reactive ketones (excluding diaryl/α,β-unsaturated/α-hetero) is 1. The first-order valence-electron chi connectivity index (χ1n) is 15.0. The zero-order valence-corrected chi connectivity index (χ0v) is 28.3. The number of fused-ring (bicyclic) bond motifs is 2. The Kier molecular flexibility index (Phi) is 15.4. The number of amides is 2.